The van der Waals surface area contributed by atoms with Crippen molar-refractivity contribution < 1.29 is 13.9 Å². The summed E-state index contributed by atoms with van der Waals surface area (Å²) in [6.45, 7) is 5.78. The van der Waals surface area contributed by atoms with E-state index in [9.17, 15) is 9.18 Å². The number of carbonyl (C=O) groups excluding carboxylic acids is 1. The maximum Gasteiger partial charge on any atom is 0.200 e. The summed E-state index contributed by atoms with van der Waals surface area (Å²) >= 11 is 3.07. The predicted molar refractivity (Wildman–Crippen MR) is 84.6 cm³/mol. The summed E-state index contributed by atoms with van der Waals surface area (Å²) < 4.78 is 19.1. The van der Waals surface area contributed by atoms with Gasteiger partial charge in [0.05, 0.1) is 4.47 Å². The van der Waals surface area contributed by atoms with Gasteiger partial charge >= 0.3 is 0 Å². The Morgan fingerprint density at radius 1 is 1.10 bits per heavy atom. The first-order chi connectivity index (χ1) is 9.88. The SMILES string of the molecule is Cc1cc(C)c(C(=O)COc2ccc(Br)c(F)c2)cc1C. The highest BCUT2D eigenvalue weighted by molar-refractivity contribution is 9.10. The van der Waals surface area contributed by atoms with Crippen LogP contribution in [0.15, 0.2) is 34.8 Å². The molecule has 0 heterocycles. The molecule has 0 saturated carbocycles. The lowest BCUT2D eigenvalue weighted by molar-refractivity contribution is 0.0920. The summed E-state index contributed by atoms with van der Waals surface area (Å²) in [5.41, 5.74) is 3.79. The zero-order valence-corrected chi connectivity index (χ0v) is 13.8. The van der Waals surface area contributed by atoms with Gasteiger partial charge < -0.3 is 4.74 Å². The zero-order chi connectivity index (χ0) is 15.6. The first kappa shape index (κ1) is 15.7. The molecule has 21 heavy (non-hydrogen) atoms. The normalized spacial score (nSPS) is 10.5. The molecule has 0 spiro atoms. The molecular formula is C17H16BrFO2. The van der Waals surface area contributed by atoms with Gasteiger partial charge in [-0.05, 0) is 71.6 Å². The fourth-order valence-electron chi connectivity index (χ4n) is 2.05. The van der Waals surface area contributed by atoms with Crippen LogP contribution in [0, 0.1) is 26.6 Å². The molecule has 0 fully saturated rings. The minimum Gasteiger partial charge on any atom is -0.485 e. The Balaban J connectivity index is 2.11. The van der Waals surface area contributed by atoms with Crippen LogP contribution in [0.25, 0.3) is 0 Å². The second-order valence-electron chi connectivity index (χ2n) is 5.04. The predicted octanol–water partition coefficient (Wildman–Crippen LogP) is 4.78. The highest BCUT2D eigenvalue weighted by Gasteiger charge is 2.12. The third kappa shape index (κ3) is 3.70. The van der Waals surface area contributed by atoms with Crippen molar-refractivity contribution in [2.75, 3.05) is 6.61 Å². The first-order valence-corrected chi connectivity index (χ1v) is 7.36. The molecule has 0 aliphatic carbocycles. The van der Waals surface area contributed by atoms with Gasteiger partial charge in [-0.25, -0.2) is 4.39 Å². The molecule has 2 nitrogen and oxygen atoms in total. The molecule has 0 aliphatic heterocycles. The number of ether oxygens (including phenoxy) is 1. The van der Waals surface area contributed by atoms with Crippen LogP contribution in [0.4, 0.5) is 4.39 Å². The third-order valence-corrected chi connectivity index (χ3v) is 4.05. The maximum absolute atomic E-state index is 13.4. The van der Waals surface area contributed by atoms with Gasteiger partial charge in [-0.2, -0.15) is 0 Å². The second-order valence-corrected chi connectivity index (χ2v) is 5.89. The summed E-state index contributed by atoms with van der Waals surface area (Å²) in [6.07, 6.45) is 0. The standard InChI is InChI=1S/C17H16BrFO2/c1-10-6-12(3)14(7-11(10)2)17(20)9-21-13-4-5-15(18)16(19)8-13/h4-8H,9H2,1-3H3. The van der Waals surface area contributed by atoms with Crippen molar-refractivity contribution >= 4 is 21.7 Å². The van der Waals surface area contributed by atoms with Gasteiger partial charge in [0.15, 0.2) is 12.4 Å². The Morgan fingerprint density at radius 3 is 2.43 bits per heavy atom. The van der Waals surface area contributed by atoms with Gasteiger partial charge in [0, 0.05) is 11.6 Å². The van der Waals surface area contributed by atoms with E-state index in [4.69, 9.17) is 4.74 Å². The van der Waals surface area contributed by atoms with Crippen molar-refractivity contribution in [2.45, 2.75) is 20.8 Å². The van der Waals surface area contributed by atoms with Gasteiger partial charge in [-0.15, -0.1) is 0 Å². The van der Waals surface area contributed by atoms with Crippen molar-refractivity contribution in [1.29, 1.82) is 0 Å². The number of hydrogen-bond acceptors (Lipinski definition) is 2. The Hall–Kier alpha value is -1.68. The van der Waals surface area contributed by atoms with E-state index in [0.717, 1.165) is 16.7 Å². The number of carbonyl (C=O) groups is 1. The largest absolute Gasteiger partial charge is 0.485 e. The fraction of sp³-hybridized carbons (Fsp3) is 0.235. The number of aryl methyl sites for hydroxylation is 3. The minimum absolute atomic E-state index is 0.107. The molecule has 0 atom stereocenters. The van der Waals surface area contributed by atoms with Crippen molar-refractivity contribution in [3.05, 3.63) is 62.9 Å². The number of halogens is 2. The lowest BCUT2D eigenvalue weighted by atomic mass is 9.98. The molecule has 2 rings (SSSR count). The average Bonchev–Trinajstić information content (AvgIpc) is 2.44. The van der Waals surface area contributed by atoms with Gasteiger partial charge in [0.25, 0.3) is 0 Å². The van der Waals surface area contributed by atoms with E-state index >= 15 is 0 Å². The molecule has 0 N–H and O–H groups in total. The van der Waals surface area contributed by atoms with E-state index in [1.165, 1.54) is 6.07 Å². The van der Waals surface area contributed by atoms with E-state index < -0.39 is 5.82 Å². The molecule has 2 aromatic rings. The highest BCUT2D eigenvalue weighted by Crippen LogP contribution is 2.21. The summed E-state index contributed by atoms with van der Waals surface area (Å²) in [5, 5.41) is 0. The number of ketones is 1. The molecule has 0 unspecified atom stereocenters. The molecular weight excluding hydrogens is 335 g/mol. The Labute approximate surface area is 132 Å². The molecule has 4 heteroatoms. The van der Waals surface area contributed by atoms with E-state index in [-0.39, 0.29) is 12.4 Å². The summed E-state index contributed by atoms with van der Waals surface area (Å²) in [4.78, 5) is 12.2. The van der Waals surface area contributed by atoms with Crippen LogP contribution in [0.5, 0.6) is 5.75 Å². The maximum atomic E-state index is 13.4. The van der Waals surface area contributed by atoms with Crippen LogP contribution in [-0.4, -0.2) is 12.4 Å². The molecule has 0 aromatic heterocycles. The molecule has 0 bridgehead atoms. The highest BCUT2D eigenvalue weighted by atomic mass is 79.9. The Morgan fingerprint density at radius 2 is 1.76 bits per heavy atom. The lowest BCUT2D eigenvalue weighted by Crippen LogP contribution is -2.13. The number of Topliss-reactive ketones (excluding diaryl/α,β-unsaturated/α-hetero) is 1. The number of hydrogen-bond donors (Lipinski definition) is 0. The van der Waals surface area contributed by atoms with Crippen molar-refractivity contribution in [2.24, 2.45) is 0 Å². The van der Waals surface area contributed by atoms with Gasteiger partial charge in [-0.1, -0.05) is 6.07 Å². The van der Waals surface area contributed by atoms with Crippen LogP contribution in [0.3, 0.4) is 0 Å². The second kappa shape index (κ2) is 6.39. The lowest BCUT2D eigenvalue weighted by Gasteiger charge is -2.10. The minimum atomic E-state index is -0.415. The number of benzene rings is 2. The Bertz CT molecular complexity index is 695. The molecule has 110 valence electrons. The van der Waals surface area contributed by atoms with Crippen molar-refractivity contribution in [3.8, 4) is 5.75 Å². The van der Waals surface area contributed by atoms with Crippen LogP contribution >= 0.6 is 15.9 Å². The van der Waals surface area contributed by atoms with E-state index in [1.54, 1.807) is 12.1 Å². The molecule has 0 amide bonds. The van der Waals surface area contributed by atoms with Gasteiger partial charge in [0.1, 0.15) is 11.6 Å². The summed E-state index contributed by atoms with van der Waals surface area (Å²) in [7, 11) is 0. The van der Waals surface area contributed by atoms with Crippen LogP contribution in [0.2, 0.25) is 0 Å². The molecule has 2 aromatic carbocycles. The molecule has 0 aliphatic rings. The average molecular weight is 351 g/mol. The first-order valence-electron chi connectivity index (χ1n) is 6.57. The quantitative estimate of drug-likeness (QED) is 0.742. The van der Waals surface area contributed by atoms with Gasteiger partial charge in [0.2, 0.25) is 0 Å². The summed E-state index contributed by atoms with van der Waals surface area (Å²) in [5.74, 6) is -0.188. The van der Waals surface area contributed by atoms with Crippen molar-refractivity contribution in [3.63, 3.8) is 0 Å². The van der Waals surface area contributed by atoms with Crippen LogP contribution in [-0.2, 0) is 0 Å². The van der Waals surface area contributed by atoms with Crippen LogP contribution in [0.1, 0.15) is 27.0 Å². The third-order valence-electron chi connectivity index (χ3n) is 3.40. The van der Waals surface area contributed by atoms with E-state index in [1.807, 2.05) is 32.9 Å². The molecule has 0 radical (unpaired) electrons. The topological polar surface area (TPSA) is 26.3 Å². The smallest absolute Gasteiger partial charge is 0.200 e. The van der Waals surface area contributed by atoms with Crippen LogP contribution < -0.4 is 4.74 Å². The molecule has 0 saturated heterocycles. The monoisotopic (exact) mass is 350 g/mol. The van der Waals surface area contributed by atoms with E-state index in [2.05, 4.69) is 15.9 Å². The van der Waals surface area contributed by atoms with E-state index in [0.29, 0.717) is 15.8 Å². The Kier molecular flexibility index (Phi) is 4.78. The number of rotatable bonds is 4. The summed E-state index contributed by atoms with van der Waals surface area (Å²) in [6, 6.07) is 8.29. The van der Waals surface area contributed by atoms with Crippen molar-refractivity contribution in [1.82, 2.24) is 0 Å². The van der Waals surface area contributed by atoms with Gasteiger partial charge in [-0.3, -0.25) is 4.79 Å². The zero-order valence-electron chi connectivity index (χ0n) is 12.2. The fourth-order valence-corrected chi connectivity index (χ4v) is 2.30.